The predicted octanol–water partition coefficient (Wildman–Crippen LogP) is 3.97. The van der Waals surface area contributed by atoms with Crippen molar-refractivity contribution in [1.82, 2.24) is 15.2 Å². The molecular formula is C29H34N6. The van der Waals surface area contributed by atoms with Crippen molar-refractivity contribution in [3.05, 3.63) is 65.9 Å². The van der Waals surface area contributed by atoms with Gasteiger partial charge in [0.25, 0.3) is 0 Å². The van der Waals surface area contributed by atoms with Crippen LogP contribution in [0.3, 0.4) is 0 Å². The summed E-state index contributed by atoms with van der Waals surface area (Å²) in [4.78, 5) is 12.3. The van der Waals surface area contributed by atoms with Crippen LogP contribution in [0.15, 0.2) is 54.7 Å². The molecule has 3 fully saturated rings. The van der Waals surface area contributed by atoms with Crippen LogP contribution in [0.2, 0.25) is 0 Å². The highest BCUT2D eigenvalue weighted by Gasteiger charge is 2.37. The molecule has 1 aromatic heterocycles. The molecule has 6 nitrogen and oxygen atoms in total. The number of piperidine rings is 1. The van der Waals surface area contributed by atoms with Crippen molar-refractivity contribution >= 4 is 22.3 Å². The quantitative estimate of drug-likeness (QED) is 0.630. The maximum atomic E-state index is 9.55. The third kappa shape index (κ3) is 4.24. The third-order valence-electron chi connectivity index (χ3n) is 8.30. The van der Waals surface area contributed by atoms with E-state index in [-0.39, 0.29) is 0 Å². The zero-order valence-electron chi connectivity index (χ0n) is 20.5. The molecule has 35 heavy (non-hydrogen) atoms. The fourth-order valence-electron chi connectivity index (χ4n) is 6.48. The summed E-state index contributed by atoms with van der Waals surface area (Å²) in [5.74, 6) is 0.611. The van der Waals surface area contributed by atoms with Crippen LogP contribution >= 0.6 is 0 Å². The number of hydrogen-bond donors (Lipinski definition) is 1. The average Bonchev–Trinajstić information content (AvgIpc) is 2.92. The Kier molecular flexibility index (Phi) is 6.05. The molecule has 3 aliphatic rings. The summed E-state index contributed by atoms with van der Waals surface area (Å²) in [5, 5.41) is 14.1. The summed E-state index contributed by atoms with van der Waals surface area (Å²) in [6, 6.07) is 20.9. The highest BCUT2D eigenvalue weighted by atomic mass is 15.3. The number of fused-ring (bicyclic) bond motifs is 2. The standard InChI is InChI=1S/C29H34N6/c1-21-19-34(28-9-6-24(18-30)29-27(28)3-2-11-32-29)20-26-17-23(10-14-35(21)26)22-4-7-25(8-5-22)33-15-12-31-13-16-33/h2-9,11,21,23,26,31H,10,12-17,19-20H2,1H3/t21-,23-,26?/m1/s1. The van der Waals surface area contributed by atoms with Gasteiger partial charge in [-0.3, -0.25) is 9.88 Å². The smallest absolute Gasteiger partial charge is 0.101 e. The monoisotopic (exact) mass is 466 g/mol. The molecule has 0 aliphatic carbocycles. The number of aromatic nitrogens is 1. The minimum atomic E-state index is 0.507. The number of nitriles is 1. The molecule has 4 heterocycles. The largest absolute Gasteiger partial charge is 0.369 e. The van der Waals surface area contributed by atoms with Crippen LogP contribution in [0.25, 0.3) is 10.9 Å². The second kappa shape index (κ2) is 9.49. The summed E-state index contributed by atoms with van der Waals surface area (Å²) in [6.07, 6.45) is 4.21. The lowest BCUT2D eigenvalue weighted by molar-refractivity contribution is 0.0766. The number of pyridine rings is 1. The molecular weight excluding hydrogens is 432 g/mol. The van der Waals surface area contributed by atoms with Crippen LogP contribution in [0.1, 0.15) is 36.8 Å². The first-order valence-electron chi connectivity index (χ1n) is 13.1. The van der Waals surface area contributed by atoms with E-state index in [1.165, 1.54) is 36.3 Å². The van der Waals surface area contributed by atoms with Crippen LogP contribution in [-0.4, -0.2) is 67.8 Å². The van der Waals surface area contributed by atoms with Crippen molar-refractivity contribution in [1.29, 1.82) is 5.26 Å². The summed E-state index contributed by atoms with van der Waals surface area (Å²) in [5.41, 5.74) is 5.51. The van der Waals surface area contributed by atoms with Crippen molar-refractivity contribution in [2.45, 2.75) is 37.8 Å². The molecule has 1 N–H and O–H groups in total. The zero-order chi connectivity index (χ0) is 23.8. The number of rotatable bonds is 3. The van der Waals surface area contributed by atoms with E-state index < -0.39 is 0 Å². The van der Waals surface area contributed by atoms with Gasteiger partial charge in [-0.15, -0.1) is 0 Å². The zero-order valence-corrected chi connectivity index (χ0v) is 20.5. The summed E-state index contributed by atoms with van der Waals surface area (Å²) in [6.45, 7) is 9.89. The Bertz CT molecular complexity index is 1230. The van der Waals surface area contributed by atoms with Gasteiger partial charge in [0.1, 0.15) is 6.07 Å². The lowest BCUT2D eigenvalue weighted by atomic mass is 9.83. The molecule has 6 rings (SSSR count). The maximum absolute atomic E-state index is 9.55. The van der Waals surface area contributed by atoms with E-state index in [0.29, 0.717) is 23.6 Å². The number of nitrogens with one attached hydrogen (secondary N) is 1. The minimum Gasteiger partial charge on any atom is -0.369 e. The molecule has 0 spiro atoms. The number of hydrogen-bond acceptors (Lipinski definition) is 6. The van der Waals surface area contributed by atoms with Gasteiger partial charge in [0.2, 0.25) is 0 Å². The summed E-state index contributed by atoms with van der Waals surface area (Å²) >= 11 is 0. The van der Waals surface area contributed by atoms with Crippen LogP contribution in [0.5, 0.6) is 0 Å². The third-order valence-corrected chi connectivity index (χ3v) is 8.30. The molecule has 3 atom stereocenters. The average molecular weight is 467 g/mol. The molecule has 3 saturated heterocycles. The summed E-state index contributed by atoms with van der Waals surface area (Å²) in [7, 11) is 0. The van der Waals surface area contributed by atoms with Gasteiger partial charge in [-0.1, -0.05) is 12.1 Å². The number of piperazine rings is 2. The van der Waals surface area contributed by atoms with E-state index in [0.717, 1.165) is 50.2 Å². The molecule has 180 valence electrons. The van der Waals surface area contributed by atoms with Gasteiger partial charge in [0, 0.05) is 74.3 Å². The Hall–Kier alpha value is -3.14. The second-order valence-electron chi connectivity index (χ2n) is 10.3. The van der Waals surface area contributed by atoms with Crippen molar-refractivity contribution < 1.29 is 0 Å². The molecule has 0 amide bonds. The van der Waals surface area contributed by atoms with E-state index in [9.17, 15) is 5.26 Å². The van der Waals surface area contributed by atoms with Gasteiger partial charge >= 0.3 is 0 Å². The minimum absolute atomic E-state index is 0.507. The van der Waals surface area contributed by atoms with Crippen LogP contribution in [0.4, 0.5) is 11.4 Å². The van der Waals surface area contributed by atoms with Crippen molar-refractivity contribution in [3.63, 3.8) is 0 Å². The van der Waals surface area contributed by atoms with E-state index in [4.69, 9.17) is 0 Å². The fourth-order valence-corrected chi connectivity index (χ4v) is 6.48. The summed E-state index contributed by atoms with van der Waals surface area (Å²) < 4.78 is 0. The van der Waals surface area contributed by atoms with E-state index in [2.05, 4.69) is 74.4 Å². The molecule has 1 unspecified atom stereocenters. The Morgan fingerprint density at radius 3 is 2.60 bits per heavy atom. The van der Waals surface area contributed by atoms with E-state index in [1.54, 1.807) is 6.20 Å². The van der Waals surface area contributed by atoms with Crippen molar-refractivity contribution in [2.24, 2.45) is 0 Å². The predicted molar refractivity (Wildman–Crippen MR) is 142 cm³/mol. The van der Waals surface area contributed by atoms with E-state index in [1.807, 2.05) is 12.1 Å². The number of nitrogens with zero attached hydrogens (tertiary/aromatic N) is 5. The lowest BCUT2D eigenvalue weighted by Crippen LogP contribution is -2.60. The van der Waals surface area contributed by atoms with Crippen molar-refractivity contribution in [3.8, 4) is 6.07 Å². The Morgan fingerprint density at radius 2 is 1.80 bits per heavy atom. The normalized spacial score (nSPS) is 25.3. The van der Waals surface area contributed by atoms with Gasteiger partial charge < -0.3 is 15.1 Å². The van der Waals surface area contributed by atoms with E-state index >= 15 is 0 Å². The fraction of sp³-hybridized carbons (Fsp3) is 0.448. The Morgan fingerprint density at radius 1 is 0.971 bits per heavy atom. The van der Waals surface area contributed by atoms with Crippen molar-refractivity contribution in [2.75, 3.05) is 55.6 Å². The highest BCUT2D eigenvalue weighted by molar-refractivity contribution is 5.95. The molecule has 0 saturated carbocycles. The first-order chi connectivity index (χ1) is 17.2. The highest BCUT2D eigenvalue weighted by Crippen LogP contribution is 2.38. The van der Waals surface area contributed by atoms with Crippen LogP contribution in [-0.2, 0) is 0 Å². The maximum Gasteiger partial charge on any atom is 0.101 e. The number of anilines is 2. The number of benzene rings is 2. The first-order valence-corrected chi connectivity index (χ1v) is 13.1. The first kappa shape index (κ1) is 22.3. The van der Waals surface area contributed by atoms with Gasteiger partial charge in [-0.25, -0.2) is 0 Å². The van der Waals surface area contributed by atoms with Gasteiger partial charge in [0.15, 0.2) is 0 Å². The van der Waals surface area contributed by atoms with Crippen LogP contribution < -0.4 is 15.1 Å². The Labute approximate surface area is 208 Å². The SMILES string of the molecule is C[C@@H]1CN(c2ccc(C#N)c3ncccc23)CC2C[C@H](c3ccc(N4CCNCC4)cc3)CCN21. The molecule has 6 heteroatoms. The van der Waals surface area contributed by atoms with Gasteiger partial charge in [0.05, 0.1) is 11.1 Å². The molecule has 3 aliphatic heterocycles. The second-order valence-corrected chi connectivity index (χ2v) is 10.3. The Balaban J connectivity index is 1.21. The lowest BCUT2D eigenvalue weighted by Gasteiger charge is -2.50. The molecule has 0 radical (unpaired) electrons. The van der Waals surface area contributed by atoms with Gasteiger partial charge in [-0.05, 0) is 74.2 Å². The topological polar surface area (TPSA) is 58.4 Å². The van der Waals surface area contributed by atoms with Gasteiger partial charge in [-0.2, -0.15) is 5.26 Å². The molecule has 3 aromatic rings. The molecule has 2 aromatic carbocycles. The molecule has 0 bridgehead atoms. The van der Waals surface area contributed by atoms with Crippen LogP contribution in [0, 0.1) is 11.3 Å².